The predicted molar refractivity (Wildman–Crippen MR) is 78.6 cm³/mol. The van der Waals surface area contributed by atoms with Crippen LogP contribution in [0, 0.1) is 22.7 Å². The lowest BCUT2D eigenvalue weighted by atomic mass is 10.2. The van der Waals surface area contributed by atoms with Gasteiger partial charge in [-0.3, -0.25) is 4.79 Å². The fraction of sp³-hybridized carbons (Fsp3) is 0.312. The van der Waals surface area contributed by atoms with E-state index in [1.54, 1.807) is 18.2 Å². The van der Waals surface area contributed by atoms with Crippen molar-refractivity contribution in [2.24, 2.45) is 0 Å². The lowest BCUT2D eigenvalue weighted by molar-refractivity contribution is -0.125. The predicted octanol–water partition coefficient (Wildman–Crippen LogP) is 2.08. The number of nitriles is 2. The van der Waals surface area contributed by atoms with Crippen molar-refractivity contribution in [1.29, 1.82) is 10.5 Å². The Morgan fingerprint density at radius 2 is 1.86 bits per heavy atom. The van der Waals surface area contributed by atoms with Gasteiger partial charge in [-0.15, -0.1) is 0 Å². The van der Waals surface area contributed by atoms with Gasteiger partial charge in [0.2, 0.25) is 12.7 Å². The van der Waals surface area contributed by atoms with Gasteiger partial charge in [0.1, 0.15) is 0 Å². The molecule has 0 spiro atoms. The molecule has 0 atom stereocenters. The average Bonchev–Trinajstić information content (AvgIpc) is 3.00. The summed E-state index contributed by atoms with van der Waals surface area (Å²) in [5, 5.41) is 17.2. The summed E-state index contributed by atoms with van der Waals surface area (Å²) in [4.78, 5) is 13.6. The number of benzene rings is 1. The highest BCUT2D eigenvalue weighted by molar-refractivity contribution is 5.91. The van der Waals surface area contributed by atoms with Crippen molar-refractivity contribution in [2.45, 2.75) is 12.8 Å². The Bertz CT molecular complexity index is 638. The lowest BCUT2D eigenvalue weighted by Crippen LogP contribution is -2.31. The molecule has 0 fully saturated rings. The van der Waals surface area contributed by atoms with Crippen LogP contribution in [0.1, 0.15) is 18.4 Å². The van der Waals surface area contributed by atoms with Crippen LogP contribution in [0.15, 0.2) is 24.3 Å². The van der Waals surface area contributed by atoms with E-state index in [0.29, 0.717) is 24.6 Å². The van der Waals surface area contributed by atoms with Gasteiger partial charge in [-0.2, -0.15) is 10.5 Å². The number of fused-ring (bicyclic) bond motifs is 1. The van der Waals surface area contributed by atoms with Crippen molar-refractivity contribution in [3.8, 4) is 23.6 Å². The van der Waals surface area contributed by atoms with Gasteiger partial charge in [-0.25, -0.2) is 0 Å². The van der Waals surface area contributed by atoms with Crippen LogP contribution in [-0.4, -0.2) is 30.7 Å². The van der Waals surface area contributed by atoms with E-state index in [9.17, 15) is 4.79 Å². The Labute approximate surface area is 128 Å². The molecular weight excluding hydrogens is 282 g/mol. The Morgan fingerprint density at radius 1 is 1.18 bits per heavy atom. The van der Waals surface area contributed by atoms with E-state index in [4.69, 9.17) is 20.0 Å². The molecule has 0 bridgehead atoms. The molecule has 1 aromatic carbocycles. The molecular formula is C16H15N3O3. The minimum absolute atomic E-state index is 0.206. The second kappa shape index (κ2) is 7.70. The van der Waals surface area contributed by atoms with Crippen molar-refractivity contribution in [3.63, 3.8) is 0 Å². The largest absolute Gasteiger partial charge is 0.454 e. The monoisotopic (exact) mass is 297 g/mol. The highest BCUT2D eigenvalue weighted by atomic mass is 16.7. The van der Waals surface area contributed by atoms with Crippen molar-refractivity contribution < 1.29 is 14.3 Å². The Hall–Kier alpha value is -2.99. The van der Waals surface area contributed by atoms with Crippen LogP contribution in [0.3, 0.4) is 0 Å². The van der Waals surface area contributed by atoms with Crippen LogP contribution < -0.4 is 9.47 Å². The van der Waals surface area contributed by atoms with Gasteiger partial charge in [0.05, 0.1) is 25.0 Å². The van der Waals surface area contributed by atoms with Gasteiger partial charge >= 0.3 is 0 Å². The van der Waals surface area contributed by atoms with Gasteiger partial charge < -0.3 is 14.4 Å². The normalized spacial score (nSPS) is 11.9. The number of carbonyl (C=O) groups is 1. The first-order valence-corrected chi connectivity index (χ1v) is 6.85. The molecule has 0 aliphatic carbocycles. The highest BCUT2D eigenvalue weighted by Crippen LogP contribution is 2.32. The molecule has 112 valence electrons. The van der Waals surface area contributed by atoms with Crippen molar-refractivity contribution in [1.82, 2.24) is 4.90 Å². The number of rotatable bonds is 6. The Kier molecular flexibility index (Phi) is 5.39. The highest BCUT2D eigenvalue weighted by Gasteiger charge is 2.13. The molecule has 6 heteroatoms. The number of nitrogens with zero attached hydrogens (tertiary/aromatic N) is 3. The molecule has 2 rings (SSSR count). The Morgan fingerprint density at radius 3 is 2.55 bits per heavy atom. The van der Waals surface area contributed by atoms with E-state index in [-0.39, 0.29) is 25.5 Å². The maximum absolute atomic E-state index is 12.1. The van der Waals surface area contributed by atoms with Crippen LogP contribution in [0.2, 0.25) is 0 Å². The molecule has 0 unspecified atom stereocenters. The number of carbonyl (C=O) groups excluding carboxylic acids is 1. The summed E-state index contributed by atoms with van der Waals surface area (Å²) in [5.41, 5.74) is 0.818. The smallest absolute Gasteiger partial charge is 0.246 e. The standard InChI is InChI=1S/C16H15N3O3/c17-7-1-9-19(10-2-8-18)16(20)6-4-13-3-5-14-15(11-13)22-12-21-14/h3-6,11H,1-2,9-10,12H2/b6-4+. The Balaban J connectivity index is 2.01. The molecule has 0 radical (unpaired) electrons. The molecule has 0 aromatic heterocycles. The van der Waals surface area contributed by atoms with Crippen LogP contribution in [-0.2, 0) is 4.79 Å². The fourth-order valence-electron chi connectivity index (χ4n) is 1.99. The summed E-state index contributed by atoms with van der Waals surface area (Å²) < 4.78 is 10.5. The zero-order valence-electron chi connectivity index (χ0n) is 12.0. The van der Waals surface area contributed by atoms with Gasteiger partial charge in [0, 0.05) is 19.2 Å². The summed E-state index contributed by atoms with van der Waals surface area (Å²) in [6.07, 6.45) is 3.60. The van der Waals surface area contributed by atoms with E-state index in [0.717, 1.165) is 5.56 Å². The molecule has 0 saturated carbocycles. The number of amides is 1. The van der Waals surface area contributed by atoms with E-state index in [1.807, 2.05) is 18.2 Å². The summed E-state index contributed by atoms with van der Waals surface area (Å²) >= 11 is 0. The average molecular weight is 297 g/mol. The number of hydrogen-bond acceptors (Lipinski definition) is 5. The van der Waals surface area contributed by atoms with E-state index >= 15 is 0 Å². The minimum Gasteiger partial charge on any atom is -0.454 e. The van der Waals surface area contributed by atoms with Crippen molar-refractivity contribution in [2.75, 3.05) is 19.9 Å². The zero-order valence-corrected chi connectivity index (χ0v) is 12.0. The first kappa shape index (κ1) is 15.4. The molecule has 1 aliphatic rings. The maximum Gasteiger partial charge on any atom is 0.246 e. The first-order chi connectivity index (χ1) is 10.7. The van der Waals surface area contributed by atoms with Crippen molar-refractivity contribution >= 4 is 12.0 Å². The quantitative estimate of drug-likeness (QED) is 0.750. The molecule has 1 aliphatic heterocycles. The molecule has 6 nitrogen and oxygen atoms in total. The second-order valence-corrected chi connectivity index (χ2v) is 4.59. The zero-order chi connectivity index (χ0) is 15.8. The molecule has 0 N–H and O–H groups in total. The SMILES string of the molecule is N#CCCN(CCC#N)C(=O)/C=C/c1ccc2c(c1)OCO2. The third kappa shape index (κ3) is 4.00. The molecule has 22 heavy (non-hydrogen) atoms. The van der Waals surface area contributed by atoms with Crippen LogP contribution >= 0.6 is 0 Å². The first-order valence-electron chi connectivity index (χ1n) is 6.85. The molecule has 0 saturated heterocycles. The summed E-state index contributed by atoms with van der Waals surface area (Å²) in [7, 11) is 0. The summed E-state index contributed by atoms with van der Waals surface area (Å²) in [6.45, 7) is 0.850. The van der Waals surface area contributed by atoms with E-state index in [2.05, 4.69) is 0 Å². The second-order valence-electron chi connectivity index (χ2n) is 4.59. The lowest BCUT2D eigenvalue weighted by Gasteiger charge is -2.18. The number of ether oxygens (including phenoxy) is 2. The van der Waals surface area contributed by atoms with Gasteiger partial charge in [0.25, 0.3) is 0 Å². The van der Waals surface area contributed by atoms with Crippen LogP contribution in [0.5, 0.6) is 11.5 Å². The van der Waals surface area contributed by atoms with Crippen LogP contribution in [0.4, 0.5) is 0 Å². The van der Waals surface area contributed by atoms with Gasteiger partial charge in [0.15, 0.2) is 11.5 Å². The fourth-order valence-corrected chi connectivity index (χ4v) is 1.99. The van der Waals surface area contributed by atoms with Gasteiger partial charge in [-0.05, 0) is 23.8 Å². The number of hydrogen-bond donors (Lipinski definition) is 0. The minimum atomic E-state index is -0.219. The third-order valence-corrected chi connectivity index (χ3v) is 3.11. The topological polar surface area (TPSA) is 86.4 Å². The molecule has 1 heterocycles. The maximum atomic E-state index is 12.1. The summed E-state index contributed by atoms with van der Waals surface area (Å²) in [5.74, 6) is 1.12. The summed E-state index contributed by atoms with van der Waals surface area (Å²) in [6, 6.07) is 9.41. The van der Waals surface area contributed by atoms with Crippen molar-refractivity contribution in [3.05, 3.63) is 29.8 Å². The third-order valence-electron chi connectivity index (χ3n) is 3.11. The van der Waals surface area contributed by atoms with Gasteiger partial charge in [-0.1, -0.05) is 6.07 Å². The van der Waals surface area contributed by atoms with E-state index < -0.39 is 0 Å². The van der Waals surface area contributed by atoms with Crippen LogP contribution in [0.25, 0.3) is 6.08 Å². The molecule has 1 amide bonds. The molecule has 1 aromatic rings. The van der Waals surface area contributed by atoms with E-state index in [1.165, 1.54) is 11.0 Å².